The Bertz CT molecular complexity index is 1740. The van der Waals surface area contributed by atoms with E-state index in [4.69, 9.17) is 14.2 Å². The van der Waals surface area contributed by atoms with Crippen LogP contribution in [0.25, 0.3) is 11.1 Å². The van der Waals surface area contributed by atoms with Gasteiger partial charge in [0.15, 0.2) is 12.4 Å². The fourth-order valence-electron chi connectivity index (χ4n) is 8.40. The second-order valence-corrected chi connectivity index (χ2v) is 16.2. The maximum Gasteiger partial charge on any atom is 0.303 e. The van der Waals surface area contributed by atoms with Gasteiger partial charge in [0.2, 0.25) is 5.91 Å². The van der Waals surface area contributed by atoms with Gasteiger partial charge < -0.3 is 30.0 Å². The van der Waals surface area contributed by atoms with Gasteiger partial charge in [0.25, 0.3) is 5.91 Å². The third-order valence-corrected chi connectivity index (χ3v) is 11.0. The molecular formula is C44H57N3O7. The van der Waals surface area contributed by atoms with Crippen molar-refractivity contribution in [1.82, 2.24) is 15.5 Å². The van der Waals surface area contributed by atoms with Gasteiger partial charge in [-0.15, -0.1) is 0 Å². The Hall–Kier alpha value is -4.09. The van der Waals surface area contributed by atoms with E-state index in [0.29, 0.717) is 24.9 Å². The summed E-state index contributed by atoms with van der Waals surface area (Å²) < 4.78 is 18.6. The number of esters is 1. The predicted molar refractivity (Wildman–Crippen MR) is 207 cm³/mol. The van der Waals surface area contributed by atoms with Crippen LogP contribution in [-0.4, -0.2) is 64.2 Å². The summed E-state index contributed by atoms with van der Waals surface area (Å²) in [6, 6.07) is 24.1. The van der Waals surface area contributed by atoms with E-state index < -0.39 is 18.4 Å². The topological polar surface area (TPSA) is 126 Å². The Kier molecular flexibility index (Phi) is 12.9. The largest absolute Gasteiger partial charge is 0.453 e. The third kappa shape index (κ3) is 9.96. The molecule has 1 aliphatic carbocycles. The zero-order valence-corrected chi connectivity index (χ0v) is 32.4. The molecule has 10 heteroatoms. The van der Waals surface area contributed by atoms with E-state index in [1.54, 1.807) is 6.92 Å². The molecule has 0 bridgehead atoms. The molecule has 2 amide bonds. The van der Waals surface area contributed by atoms with Crippen molar-refractivity contribution in [2.75, 3.05) is 6.54 Å². The number of benzene rings is 3. The van der Waals surface area contributed by atoms with Crippen LogP contribution in [0.1, 0.15) is 114 Å². The number of carbonyl (C=O) groups is 3. The Morgan fingerprint density at radius 1 is 0.907 bits per heavy atom. The van der Waals surface area contributed by atoms with Gasteiger partial charge in [-0.3, -0.25) is 19.3 Å². The van der Waals surface area contributed by atoms with Gasteiger partial charge in [-0.1, -0.05) is 85.6 Å². The van der Waals surface area contributed by atoms with Crippen LogP contribution < -0.4 is 10.6 Å². The number of fused-ring (bicyclic) bond motifs is 1. The number of hydrogen-bond acceptors (Lipinski definition) is 8. The fraction of sp³-hybridized carbons (Fsp3) is 0.523. The number of rotatable bonds is 11. The molecule has 2 heterocycles. The second-order valence-electron chi connectivity index (χ2n) is 16.2. The standard InChI is InChI=1S/C44H57N3O7/c1-28(52-29(2)49)41(50)45-25-35-11-6-8-12-37(35)31-18-20-34(21-19-31)43-53-36(24-40(54-43)33-16-14-30(27-48)15-17-33)26-47-38-13-9-7-10-32(38)22-23-39(47)42(51)46-44(3,4)5/h6,8,11-12,14-21,28,32,36,38-40,43,48H,7,9-10,13,22-27H2,1-5H3,(H,45,50)(H,46,51). The van der Waals surface area contributed by atoms with Gasteiger partial charge in [0.05, 0.1) is 24.9 Å². The normalized spacial score (nSPS) is 25.2. The minimum atomic E-state index is -0.879. The molecule has 3 aliphatic rings. The van der Waals surface area contributed by atoms with E-state index >= 15 is 0 Å². The van der Waals surface area contributed by atoms with Crippen molar-refractivity contribution < 1.29 is 33.7 Å². The molecule has 3 aromatic rings. The van der Waals surface area contributed by atoms with E-state index in [2.05, 4.69) is 15.5 Å². The lowest BCUT2D eigenvalue weighted by Crippen LogP contribution is -2.61. The minimum absolute atomic E-state index is 0.0229. The number of carbonyl (C=O) groups excluding carboxylic acids is 3. The summed E-state index contributed by atoms with van der Waals surface area (Å²) in [5, 5.41) is 15.8. The Labute approximate surface area is 319 Å². The fourth-order valence-corrected chi connectivity index (χ4v) is 8.40. The third-order valence-electron chi connectivity index (χ3n) is 11.0. The molecule has 54 heavy (non-hydrogen) atoms. The maximum atomic E-state index is 13.8. The van der Waals surface area contributed by atoms with Crippen molar-refractivity contribution in [2.45, 2.75) is 135 Å². The first-order chi connectivity index (χ1) is 25.9. The van der Waals surface area contributed by atoms with E-state index in [0.717, 1.165) is 52.6 Å². The summed E-state index contributed by atoms with van der Waals surface area (Å²) in [5.74, 6) is -0.170. The van der Waals surface area contributed by atoms with Crippen LogP contribution in [0.15, 0.2) is 72.8 Å². The number of hydrogen-bond donors (Lipinski definition) is 3. The van der Waals surface area contributed by atoms with Crippen LogP contribution >= 0.6 is 0 Å². The molecule has 6 rings (SSSR count). The van der Waals surface area contributed by atoms with E-state index in [1.165, 1.54) is 26.2 Å². The molecule has 2 saturated heterocycles. The number of amides is 2. The summed E-state index contributed by atoms with van der Waals surface area (Å²) >= 11 is 0. The molecule has 1 saturated carbocycles. The molecular weight excluding hydrogens is 682 g/mol. The molecule has 0 spiro atoms. The quantitative estimate of drug-likeness (QED) is 0.182. The Morgan fingerprint density at radius 3 is 2.31 bits per heavy atom. The van der Waals surface area contributed by atoms with Gasteiger partial charge in [-0.2, -0.15) is 0 Å². The first-order valence-electron chi connectivity index (χ1n) is 19.6. The molecule has 7 unspecified atom stereocenters. The van der Waals surface area contributed by atoms with Gasteiger partial charge in [-0.25, -0.2) is 0 Å². The molecule has 0 radical (unpaired) electrons. The number of ether oxygens (including phenoxy) is 3. The highest BCUT2D eigenvalue weighted by atomic mass is 16.7. The maximum absolute atomic E-state index is 13.8. The van der Waals surface area contributed by atoms with Crippen molar-refractivity contribution in [2.24, 2.45) is 5.92 Å². The van der Waals surface area contributed by atoms with Crippen LogP contribution in [-0.2, 0) is 41.7 Å². The van der Waals surface area contributed by atoms with Crippen molar-refractivity contribution in [3.63, 3.8) is 0 Å². The van der Waals surface area contributed by atoms with Crippen LogP contribution in [0.4, 0.5) is 0 Å². The van der Waals surface area contributed by atoms with Crippen LogP contribution in [0, 0.1) is 5.92 Å². The SMILES string of the molecule is CC(=O)OC(C)C(=O)NCc1ccccc1-c1ccc(C2OC(CN3C(C(=O)NC(C)(C)C)CCC4CCCCC43)CC(c3ccc(CO)cc3)O2)cc1. The summed E-state index contributed by atoms with van der Waals surface area (Å²) in [4.78, 5) is 40.2. The van der Waals surface area contributed by atoms with E-state index in [9.17, 15) is 19.5 Å². The molecule has 3 aromatic carbocycles. The van der Waals surface area contributed by atoms with E-state index in [1.807, 2.05) is 93.6 Å². The molecule has 3 fully saturated rings. The summed E-state index contributed by atoms with van der Waals surface area (Å²) in [6.45, 7) is 9.85. The molecule has 7 atom stereocenters. The summed E-state index contributed by atoms with van der Waals surface area (Å²) in [6.07, 6.45) is 5.36. The summed E-state index contributed by atoms with van der Waals surface area (Å²) in [5.41, 5.74) is 5.32. The monoisotopic (exact) mass is 739 g/mol. The minimum Gasteiger partial charge on any atom is -0.453 e. The highest BCUT2D eigenvalue weighted by Crippen LogP contribution is 2.42. The van der Waals surface area contributed by atoms with Crippen LogP contribution in [0.5, 0.6) is 0 Å². The zero-order valence-electron chi connectivity index (χ0n) is 32.4. The molecule has 10 nitrogen and oxygen atoms in total. The number of nitrogens with one attached hydrogen (secondary N) is 2. The Balaban J connectivity index is 1.24. The molecule has 2 aliphatic heterocycles. The second kappa shape index (κ2) is 17.6. The smallest absolute Gasteiger partial charge is 0.303 e. The average molecular weight is 740 g/mol. The lowest BCUT2D eigenvalue weighted by Gasteiger charge is -2.50. The van der Waals surface area contributed by atoms with Gasteiger partial charge in [0.1, 0.15) is 0 Å². The summed E-state index contributed by atoms with van der Waals surface area (Å²) in [7, 11) is 0. The van der Waals surface area contributed by atoms with Crippen LogP contribution in [0.2, 0.25) is 0 Å². The highest BCUT2D eigenvalue weighted by Gasteiger charge is 2.44. The first-order valence-corrected chi connectivity index (χ1v) is 19.6. The number of aliphatic hydroxyl groups excluding tert-OH is 1. The van der Waals surface area contributed by atoms with Gasteiger partial charge in [-0.05, 0) is 87.1 Å². The number of aliphatic hydroxyl groups is 1. The zero-order chi connectivity index (χ0) is 38.4. The number of nitrogens with zero attached hydrogens (tertiary/aromatic N) is 1. The van der Waals surface area contributed by atoms with Crippen molar-refractivity contribution in [3.05, 3.63) is 95.1 Å². The van der Waals surface area contributed by atoms with E-state index in [-0.39, 0.29) is 48.8 Å². The lowest BCUT2D eigenvalue weighted by atomic mass is 9.75. The first kappa shape index (κ1) is 39.6. The predicted octanol–water partition coefficient (Wildman–Crippen LogP) is 6.90. The Morgan fingerprint density at radius 2 is 1.61 bits per heavy atom. The van der Waals surface area contributed by atoms with Gasteiger partial charge in [0, 0.05) is 43.6 Å². The molecule has 0 aromatic heterocycles. The van der Waals surface area contributed by atoms with Crippen molar-refractivity contribution >= 4 is 17.8 Å². The highest BCUT2D eigenvalue weighted by molar-refractivity contribution is 5.83. The number of likely N-dealkylation sites (tertiary alicyclic amines) is 1. The van der Waals surface area contributed by atoms with Crippen molar-refractivity contribution in [3.8, 4) is 11.1 Å². The lowest BCUT2D eigenvalue weighted by molar-refractivity contribution is -0.255. The number of piperidine rings is 1. The molecule has 3 N–H and O–H groups in total. The van der Waals surface area contributed by atoms with Gasteiger partial charge >= 0.3 is 5.97 Å². The van der Waals surface area contributed by atoms with Crippen molar-refractivity contribution in [1.29, 1.82) is 0 Å². The average Bonchev–Trinajstić information content (AvgIpc) is 3.16. The molecule has 290 valence electrons. The van der Waals surface area contributed by atoms with Crippen LogP contribution in [0.3, 0.4) is 0 Å².